The first kappa shape index (κ1) is 22.1. The van der Waals surface area contributed by atoms with Crippen LogP contribution in [0.2, 0.25) is 10.0 Å². The van der Waals surface area contributed by atoms with Crippen molar-refractivity contribution < 1.29 is 4.74 Å². The molecule has 0 bridgehead atoms. The second kappa shape index (κ2) is 12.4. The van der Waals surface area contributed by atoms with Gasteiger partial charge < -0.3 is 10.1 Å². The zero-order valence-corrected chi connectivity index (χ0v) is 16.9. The van der Waals surface area contributed by atoms with Gasteiger partial charge in [-0.1, -0.05) is 73.7 Å². The first-order valence-electron chi connectivity index (χ1n) is 8.56. The summed E-state index contributed by atoms with van der Waals surface area (Å²) < 4.78 is 5.97. The summed E-state index contributed by atoms with van der Waals surface area (Å²) in [4.78, 5) is 0. The molecule has 2 aromatic rings. The van der Waals surface area contributed by atoms with Crippen molar-refractivity contribution >= 4 is 35.6 Å². The minimum atomic E-state index is 0. The van der Waals surface area contributed by atoms with Gasteiger partial charge in [-0.25, -0.2) is 0 Å². The van der Waals surface area contributed by atoms with Crippen molar-refractivity contribution in [2.24, 2.45) is 0 Å². The van der Waals surface area contributed by atoms with E-state index in [1.54, 1.807) is 6.07 Å². The van der Waals surface area contributed by atoms with E-state index in [-0.39, 0.29) is 12.4 Å². The number of unbranched alkanes of at least 4 members (excludes halogenated alkanes) is 3. The summed E-state index contributed by atoms with van der Waals surface area (Å²) in [5, 5.41) is 4.76. The predicted molar refractivity (Wildman–Crippen MR) is 110 cm³/mol. The van der Waals surface area contributed by atoms with Gasteiger partial charge in [0.1, 0.15) is 12.4 Å². The van der Waals surface area contributed by atoms with Crippen LogP contribution in [0.3, 0.4) is 0 Å². The van der Waals surface area contributed by atoms with E-state index < -0.39 is 0 Å². The van der Waals surface area contributed by atoms with Gasteiger partial charge in [0.15, 0.2) is 0 Å². The number of benzene rings is 2. The van der Waals surface area contributed by atoms with Gasteiger partial charge >= 0.3 is 0 Å². The van der Waals surface area contributed by atoms with Crippen LogP contribution in [-0.2, 0) is 13.2 Å². The van der Waals surface area contributed by atoms with Crippen molar-refractivity contribution in [3.63, 3.8) is 0 Å². The van der Waals surface area contributed by atoms with Gasteiger partial charge in [0.25, 0.3) is 0 Å². The number of rotatable bonds is 10. The minimum Gasteiger partial charge on any atom is -0.489 e. The highest BCUT2D eigenvalue weighted by atomic mass is 35.5. The third-order valence-corrected chi connectivity index (χ3v) is 4.48. The molecule has 0 amide bonds. The quantitative estimate of drug-likeness (QED) is 0.448. The van der Waals surface area contributed by atoms with E-state index in [0.29, 0.717) is 16.7 Å². The largest absolute Gasteiger partial charge is 0.489 e. The third kappa shape index (κ3) is 7.87. The van der Waals surface area contributed by atoms with E-state index in [9.17, 15) is 0 Å². The van der Waals surface area contributed by atoms with E-state index >= 15 is 0 Å². The van der Waals surface area contributed by atoms with E-state index in [4.69, 9.17) is 27.9 Å². The summed E-state index contributed by atoms with van der Waals surface area (Å²) >= 11 is 12.1. The lowest BCUT2D eigenvalue weighted by molar-refractivity contribution is 0.302. The van der Waals surface area contributed by atoms with Gasteiger partial charge in [-0.15, -0.1) is 12.4 Å². The number of hydrogen-bond acceptors (Lipinski definition) is 2. The number of hydrogen-bond donors (Lipinski definition) is 1. The fourth-order valence-electron chi connectivity index (χ4n) is 2.48. The van der Waals surface area contributed by atoms with Crippen molar-refractivity contribution in [3.05, 3.63) is 63.6 Å². The third-order valence-electron chi connectivity index (χ3n) is 3.89. The molecular weight excluding hydrogens is 377 g/mol. The zero-order chi connectivity index (χ0) is 17.2. The molecule has 0 fully saturated rings. The van der Waals surface area contributed by atoms with E-state index in [1.807, 2.05) is 30.3 Å². The van der Waals surface area contributed by atoms with Crippen molar-refractivity contribution in [1.29, 1.82) is 0 Å². The molecule has 0 heterocycles. The molecule has 0 radical (unpaired) electrons. The fourth-order valence-corrected chi connectivity index (χ4v) is 2.95. The lowest BCUT2D eigenvalue weighted by Gasteiger charge is -2.13. The summed E-state index contributed by atoms with van der Waals surface area (Å²) in [5.41, 5.74) is 2.10. The maximum atomic E-state index is 6.20. The predicted octanol–water partition coefficient (Wildman–Crippen LogP) is 6.66. The van der Waals surface area contributed by atoms with Crippen LogP contribution in [0.25, 0.3) is 0 Å². The number of para-hydroxylation sites is 1. The molecule has 2 nitrogen and oxygen atoms in total. The van der Waals surface area contributed by atoms with Gasteiger partial charge in [-0.05, 0) is 31.2 Å². The van der Waals surface area contributed by atoms with Gasteiger partial charge in [0, 0.05) is 27.7 Å². The molecule has 138 valence electrons. The van der Waals surface area contributed by atoms with Crippen LogP contribution in [0.15, 0.2) is 42.5 Å². The Morgan fingerprint density at radius 2 is 1.76 bits per heavy atom. The molecule has 0 unspecified atom stereocenters. The lowest BCUT2D eigenvalue weighted by Crippen LogP contribution is -2.15. The first-order chi connectivity index (χ1) is 11.7. The molecule has 0 saturated carbocycles. The van der Waals surface area contributed by atoms with E-state index in [2.05, 4.69) is 18.3 Å². The van der Waals surface area contributed by atoms with Gasteiger partial charge in [-0.3, -0.25) is 0 Å². The molecule has 2 rings (SSSR count). The zero-order valence-electron chi connectivity index (χ0n) is 14.6. The Hall–Kier alpha value is -0.930. The molecule has 0 atom stereocenters. The van der Waals surface area contributed by atoms with Crippen LogP contribution in [0, 0.1) is 0 Å². The molecule has 0 aliphatic carbocycles. The topological polar surface area (TPSA) is 21.3 Å². The van der Waals surface area contributed by atoms with Crippen molar-refractivity contribution in [1.82, 2.24) is 5.32 Å². The van der Waals surface area contributed by atoms with Crippen LogP contribution in [0.5, 0.6) is 5.75 Å². The highest BCUT2D eigenvalue weighted by Crippen LogP contribution is 2.24. The molecule has 25 heavy (non-hydrogen) atoms. The molecule has 0 saturated heterocycles. The van der Waals surface area contributed by atoms with Crippen LogP contribution in [-0.4, -0.2) is 6.54 Å². The van der Waals surface area contributed by atoms with Gasteiger partial charge in [-0.2, -0.15) is 0 Å². The summed E-state index contributed by atoms with van der Waals surface area (Å²) in [6.45, 7) is 4.52. The van der Waals surface area contributed by atoms with E-state index in [0.717, 1.165) is 30.0 Å². The van der Waals surface area contributed by atoms with Crippen molar-refractivity contribution in [3.8, 4) is 5.75 Å². The molecule has 0 aliphatic rings. The molecule has 0 aromatic heterocycles. The number of halogens is 3. The molecular formula is C20H26Cl3NO. The Kier molecular flexibility index (Phi) is 11.0. The number of nitrogens with one attached hydrogen (secondary N) is 1. The summed E-state index contributed by atoms with van der Waals surface area (Å²) in [7, 11) is 0. The lowest BCUT2D eigenvalue weighted by atomic mass is 10.2. The average Bonchev–Trinajstić information content (AvgIpc) is 2.58. The Labute approximate surface area is 167 Å². The summed E-state index contributed by atoms with van der Waals surface area (Å²) in [5.74, 6) is 0.893. The monoisotopic (exact) mass is 401 g/mol. The molecule has 0 spiro atoms. The standard InChI is InChI=1S/C20H25Cl2NO.ClH/c1-2-3-4-7-12-23-14-16-8-5-6-9-20(16)24-15-17-10-11-18(21)13-19(17)22;/h5-6,8-11,13,23H,2-4,7,12,14-15H2,1H3;1H. The van der Waals surface area contributed by atoms with Crippen molar-refractivity contribution in [2.45, 2.75) is 45.8 Å². The second-order valence-electron chi connectivity index (χ2n) is 5.87. The summed E-state index contributed by atoms with van der Waals surface area (Å²) in [6, 6.07) is 13.6. The highest BCUT2D eigenvalue weighted by molar-refractivity contribution is 6.35. The minimum absolute atomic E-state index is 0. The Morgan fingerprint density at radius 1 is 0.960 bits per heavy atom. The maximum Gasteiger partial charge on any atom is 0.124 e. The molecule has 5 heteroatoms. The summed E-state index contributed by atoms with van der Waals surface area (Å²) in [6.07, 6.45) is 5.08. The fraction of sp³-hybridized carbons (Fsp3) is 0.400. The highest BCUT2D eigenvalue weighted by Gasteiger charge is 2.06. The van der Waals surface area contributed by atoms with Crippen LogP contribution in [0.1, 0.15) is 43.7 Å². The molecule has 2 aromatic carbocycles. The van der Waals surface area contributed by atoms with Crippen LogP contribution >= 0.6 is 35.6 Å². The van der Waals surface area contributed by atoms with Crippen molar-refractivity contribution in [2.75, 3.05) is 6.54 Å². The van der Waals surface area contributed by atoms with Gasteiger partial charge in [0.05, 0.1) is 0 Å². The number of ether oxygens (including phenoxy) is 1. The molecule has 1 N–H and O–H groups in total. The maximum absolute atomic E-state index is 6.20. The first-order valence-corrected chi connectivity index (χ1v) is 9.31. The van der Waals surface area contributed by atoms with Gasteiger partial charge in [0.2, 0.25) is 0 Å². The van der Waals surface area contributed by atoms with E-state index in [1.165, 1.54) is 25.7 Å². The Morgan fingerprint density at radius 3 is 2.52 bits per heavy atom. The van der Waals surface area contributed by atoms with Crippen LogP contribution in [0.4, 0.5) is 0 Å². The SMILES string of the molecule is CCCCCCNCc1ccccc1OCc1ccc(Cl)cc1Cl.Cl. The molecule has 0 aliphatic heterocycles. The average molecular weight is 403 g/mol. The normalized spacial score (nSPS) is 10.4. The second-order valence-corrected chi connectivity index (χ2v) is 6.71. The van der Waals surface area contributed by atoms with Crippen LogP contribution < -0.4 is 10.1 Å². The smallest absolute Gasteiger partial charge is 0.124 e. The Bertz CT molecular complexity index is 634. The Balaban J connectivity index is 0.00000312.